The molecule has 1 amide bonds. The van der Waals surface area contributed by atoms with Gasteiger partial charge in [-0.25, -0.2) is 0 Å². The average Bonchev–Trinajstić information content (AvgIpc) is 2.30. The summed E-state index contributed by atoms with van der Waals surface area (Å²) in [6.07, 6.45) is 0. The molecular weight excluding hydrogens is 309 g/mol. The molecular formula is C11H13BrClNO3. The Morgan fingerprint density at radius 3 is 2.82 bits per heavy atom. The lowest BCUT2D eigenvalue weighted by molar-refractivity contribution is 0.0939. The van der Waals surface area contributed by atoms with Gasteiger partial charge in [0.25, 0.3) is 5.91 Å². The minimum absolute atomic E-state index is 0.00843. The van der Waals surface area contributed by atoms with Gasteiger partial charge in [-0.2, -0.15) is 0 Å². The highest BCUT2D eigenvalue weighted by atomic mass is 79.9. The molecule has 6 heteroatoms. The summed E-state index contributed by atoms with van der Waals surface area (Å²) in [5.41, 5.74) is 0.106. The molecule has 0 aliphatic heterocycles. The maximum atomic E-state index is 11.8. The van der Waals surface area contributed by atoms with Crippen LogP contribution < -0.4 is 5.32 Å². The topological polar surface area (TPSA) is 69.6 Å². The van der Waals surface area contributed by atoms with E-state index in [1.54, 1.807) is 6.92 Å². The Labute approximate surface area is 113 Å². The van der Waals surface area contributed by atoms with Gasteiger partial charge in [0.15, 0.2) is 0 Å². The maximum absolute atomic E-state index is 11.8. The van der Waals surface area contributed by atoms with Gasteiger partial charge in [-0.3, -0.25) is 4.79 Å². The zero-order chi connectivity index (χ0) is 13.0. The van der Waals surface area contributed by atoms with Crippen molar-refractivity contribution in [3.63, 3.8) is 0 Å². The van der Waals surface area contributed by atoms with Crippen LogP contribution in [0.3, 0.4) is 0 Å². The first-order chi connectivity index (χ1) is 7.95. The van der Waals surface area contributed by atoms with Crippen LogP contribution in [0.2, 0.25) is 5.02 Å². The van der Waals surface area contributed by atoms with Crippen LogP contribution in [0.15, 0.2) is 16.6 Å². The lowest BCUT2D eigenvalue weighted by Gasteiger charge is -2.11. The highest BCUT2D eigenvalue weighted by Gasteiger charge is 2.15. The van der Waals surface area contributed by atoms with Gasteiger partial charge in [0.2, 0.25) is 0 Å². The molecule has 17 heavy (non-hydrogen) atoms. The Hall–Kier alpha value is -0.780. The molecule has 0 saturated heterocycles. The van der Waals surface area contributed by atoms with Gasteiger partial charge in [0.05, 0.1) is 10.6 Å². The molecule has 0 aliphatic carbocycles. The van der Waals surface area contributed by atoms with Crippen molar-refractivity contribution in [1.82, 2.24) is 5.32 Å². The summed E-state index contributed by atoms with van der Waals surface area (Å²) in [6, 6.07) is 2.99. The van der Waals surface area contributed by atoms with Gasteiger partial charge in [-0.15, -0.1) is 0 Å². The van der Waals surface area contributed by atoms with Gasteiger partial charge >= 0.3 is 0 Å². The number of aromatic hydroxyl groups is 1. The minimum Gasteiger partial charge on any atom is -0.506 e. The van der Waals surface area contributed by atoms with Gasteiger partial charge in [0.1, 0.15) is 5.75 Å². The molecule has 1 aromatic carbocycles. The van der Waals surface area contributed by atoms with E-state index in [9.17, 15) is 9.90 Å². The molecule has 0 heterocycles. The van der Waals surface area contributed by atoms with E-state index in [2.05, 4.69) is 21.2 Å². The lowest BCUT2D eigenvalue weighted by Crippen LogP contribution is -2.29. The molecule has 0 fully saturated rings. The molecule has 1 atom stereocenters. The zero-order valence-electron chi connectivity index (χ0n) is 9.20. The number of phenolic OH excluding ortho intramolecular Hbond substituents is 1. The fourth-order valence-electron chi connectivity index (χ4n) is 1.17. The predicted molar refractivity (Wildman–Crippen MR) is 69.4 cm³/mol. The minimum atomic E-state index is -0.425. The van der Waals surface area contributed by atoms with E-state index in [0.29, 0.717) is 11.0 Å². The van der Waals surface area contributed by atoms with Gasteiger partial charge < -0.3 is 15.5 Å². The molecule has 0 aliphatic rings. The first-order valence-corrected chi connectivity index (χ1v) is 6.19. The fourth-order valence-corrected chi connectivity index (χ4v) is 1.97. The average molecular weight is 323 g/mol. The second-order valence-electron chi connectivity index (χ2n) is 3.78. The largest absolute Gasteiger partial charge is 0.506 e. The number of phenols is 1. The summed E-state index contributed by atoms with van der Waals surface area (Å²) < 4.78 is 0.612. The molecule has 0 radical (unpaired) electrons. The summed E-state index contributed by atoms with van der Waals surface area (Å²) in [5.74, 6) is -0.710. The number of carbonyl (C=O) groups is 1. The summed E-state index contributed by atoms with van der Waals surface area (Å²) in [7, 11) is 0. The summed E-state index contributed by atoms with van der Waals surface area (Å²) in [6.45, 7) is 2.12. The van der Waals surface area contributed by atoms with Crippen LogP contribution in [-0.2, 0) is 0 Å². The fraction of sp³-hybridized carbons (Fsp3) is 0.364. The number of hydrogen-bond acceptors (Lipinski definition) is 3. The molecule has 3 N–H and O–H groups in total. The number of aliphatic hydroxyl groups is 1. The smallest absolute Gasteiger partial charge is 0.255 e. The van der Waals surface area contributed by atoms with Crippen molar-refractivity contribution in [2.24, 2.45) is 5.92 Å². The van der Waals surface area contributed by atoms with Crippen LogP contribution in [-0.4, -0.2) is 29.3 Å². The highest BCUT2D eigenvalue weighted by Crippen LogP contribution is 2.31. The first kappa shape index (κ1) is 14.3. The second-order valence-corrected chi connectivity index (χ2v) is 5.10. The van der Waals surface area contributed by atoms with Crippen molar-refractivity contribution in [1.29, 1.82) is 0 Å². The molecule has 1 aromatic rings. The Bertz CT molecular complexity index is 425. The van der Waals surface area contributed by atoms with Crippen LogP contribution in [0, 0.1) is 5.92 Å². The van der Waals surface area contributed by atoms with Crippen LogP contribution >= 0.6 is 27.5 Å². The Kier molecular flexibility index (Phi) is 5.24. The number of hydrogen-bond donors (Lipinski definition) is 3. The van der Waals surface area contributed by atoms with Crippen LogP contribution in [0.4, 0.5) is 0 Å². The number of aliphatic hydroxyl groups excluding tert-OH is 1. The summed E-state index contributed by atoms with van der Waals surface area (Å²) in [5, 5.41) is 21.2. The monoisotopic (exact) mass is 321 g/mol. The third kappa shape index (κ3) is 3.87. The second kappa shape index (κ2) is 6.23. The lowest BCUT2D eigenvalue weighted by atomic mass is 10.1. The van der Waals surface area contributed by atoms with Crippen molar-refractivity contribution in [2.75, 3.05) is 13.2 Å². The number of rotatable bonds is 4. The Morgan fingerprint density at radius 1 is 1.59 bits per heavy atom. The molecule has 4 nitrogen and oxygen atoms in total. The quantitative estimate of drug-likeness (QED) is 0.795. The van der Waals surface area contributed by atoms with Crippen molar-refractivity contribution in [2.45, 2.75) is 6.92 Å². The predicted octanol–water partition coefficient (Wildman–Crippen LogP) is 2.17. The van der Waals surface area contributed by atoms with Gasteiger partial charge in [-0.05, 0) is 18.1 Å². The molecule has 94 valence electrons. The van der Waals surface area contributed by atoms with E-state index < -0.39 is 5.91 Å². The molecule has 0 aromatic heterocycles. The number of amides is 1. The summed E-state index contributed by atoms with van der Waals surface area (Å²) in [4.78, 5) is 11.8. The van der Waals surface area contributed by atoms with E-state index in [1.807, 2.05) is 0 Å². The maximum Gasteiger partial charge on any atom is 0.255 e. The molecule has 1 rings (SSSR count). The number of carbonyl (C=O) groups excluding carboxylic acids is 1. The number of halogens is 2. The van der Waals surface area contributed by atoms with E-state index in [-0.39, 0.29) is 28.9 Å². The molecule has 0 saturated carbocycles. The third-order valence-corrected chi connectivity index (χ3v) is 2.94. The Balaban J connectivity index is 2.82. The standard InChI is InChI=1S/C11H13BrClNO3/c1-6(5-15)4-14-11(17)8-2-7(12)3-9(13)10(8)16/h2-3,6,15-16H,4-5H2,1H3,(H,14,17). The molecule has 0 spiro atoms. The number of benzene rings is 1. The van der Waals surface area contributed by atoms with Crippen molar-refractivity contribution < 1.29 is 15.0 Å². The highest BCUT2D eigenvalue weighted by molar-refractivity contribution is 9.10. The number of nitrogens with one attached hydrogen (secondary N) is 1. The van der Waals surface area contributed by atoms with Crippen LogP contribution in [0.25, 0.3) is 0 Å². The van der Waals surface area contributed by atoms with Crippen LogP contribution in [0.5, 0.6) is 5.75 Å². The van der Waals surface area contributed by atoms with Gasteiger partial charge in [-0.1, -0.05) is 34.5 Å². The third-order valence-electron chi connectivity index (χ3n) is 2.20. The van der Waals surface area contributed by atoms with E-state index in [1.165, 1.54) is 12.1 Å². The normalized spacial score (nSPS) is 12.2. The molecule has 1 unspecified atom stereocenters. The Morgan fingerprint density at radius 2 is 2.24 bits per heavy atom. The SMILES string of the molecule is CC(CO)CNC(=O)c1cc(Br)cc(Cl)c1O. The van der Waals surface area contributed by atoms with E-state index in [4.69, 9.17) is 16.7 Å². The van der Waals surface area contributed by atoms with Crippen molar-refractivity contribution in [3.05, 3.63) is 27.2 Å². The van der Waals surface area contributed by atoms with Crippen molar-refractivity contribution >= 4 is 33.4 Å². The van der Waals surface area contributed by atoms with Crippen LogP contribution in [0.1, 0.15) is 17.3 Å². The zero-order valence-corrected chi connectivity index (χ0v) is 11.5. The summed E-state index contributed by atoms with van der Waals surface area (Å²) >= 11 is 8.95. The van der Waals surface area contributed by atoms with Crippen molar-refractivity contribution in [3.8, 4) is 5.75 Å². The van der Waals surface area contributed by atoms with Gasteiger partial charge in [0, 0.05) is 17.6 Å². The van der Waals surface area contributed by atoms with E-state index in [0.717, 1.165) is 0 Å². The first-order valence-electron chi connectivity index (χ1n) is 5.02. The van der Waals surface area contributed by atoms with E-state index >= 15 is 0 Å². The molecule has 0 bridgehead atoms.